The van der Waals surface area contributed by atoms with Crippen molar-refractivity contribution in [2.24, 2.45) is 11.8 Å². The van der Waals surface area contributed by atoms with E-state index in [4.69, 9.17) is 5.26 Å². The Labute approximate surface area is 105 Å². The molecule has 1 unspecified atom stereocenters. The highest BCUT2D eigenvalue weighted by Crippen LogP contribution is 2.24. The Balaban J connectivity index is 3.74. The third-order valence-corrected chi connectivity index (χ3v) is 2.14. The Hall–Kier alpha value is -1.29. The van der Waals surface area contributed by atoms with Crippen molar-refractivity contribution in [3.63, 3.8) is 0 Å². The number of hydrogen-bond acceptors (Lipinski definition) is 3. The van der Waals surface area contributed by atoms with Gasteiger partial charge in [0.25, 0.3) is 0 Å². The third kappa shape index (κ3) is 7.90. The molecular weight excluding hydrogens is 247 g/mol. The van der Waals surface area contributed by atoms with Crippen LogP contribution >= 0.6 is 0 Å². The van der Waals surface area contributed by atoms with E-state index in [9.17, 15) is 18.0 Å². The lowest BCUT2D eigenvalue weighted by atomic mass is 10.1. The van der Waals surface area contributed by atoms with Gasteiger partial charge in [0, 0.05) is 26.1 Å². The Kier molecular flexibility index (Phi) is 7.36. The minimum Gasteiger partial charge on any atom is -0.356 e. The molecule has 0 bridgehead atoms. The molecule has 1 amide bonds. The first kappa shape index (κ1) is 16.7. The predicted molar refractivity (Wildman–Crippen MR) is 60.5 cm³/mol. The first-order valence-corrected chi connectivity index (χ1v) is 5.71. The van der Waals surface area contributed by atoms with Crippen LogP contribution in [0.5, 0.6) is 0 Å². The summed E-state index contributed by atoms with van der Waals surface area (Å²) in [5.41, 5.74) is 0. The van der Waals surface area contributed by atoms with Crippen LogP contribution in [0.1, 0.15) is 20.3 Å². The molecule has 0 aromatic carbocycles. The summed E-state index contributed by atoms with van der Waals surface area (Å²) < 4.78 is 36.5. The molecule has 0 radical (unpaired) electrons. The molecule has 0 aromatic rings. The number of nitrogens with zero attached hydrogens (tertiary/aromatic N) is 1. The van der Waals surface area contributed by atoms with E-state index in [1.54, 1.807) is 0 Å². The standard InChI is InChI=1S/C11H18F3N3O/c1-8(2)6-17-10(18)3-4-16-7-9(5-15)11(12,13)14/h8-9,16H,3-4,6-7H2,1-2H3,(H,17,18). The van der Waals surface area contributed by atoms with Gasteiger partial charge in [-0.2, -0.15) is 18.4 Å². The van der Waals surface area contributed by atoms with Crippen molar-refractivity contribution in [1.29, 1.82) is 5.26 Å². The molecule has 0 rings (SSSR count). The zero-order valence-electron chi connectivity index (χ0n) is 10.5. The van der Waals surface area contributed by atoms with Gasteiger partial charge in [-0.15, -0.1) is 0 Å². The molecule has 1 atom stereocenters. The first-order chi connectivity index (χ1) is 8.27. The average molecular weight is 265 g/mol. The van der Waals surface area contributed by atoms with Gasteiger partial charge in [-0.3, -0.25) is 4.79 Å². The highest BCUT2D eigenvalue weighted by Gasteiger charge is 2.39. The van der Waals surface area contributed by atoms with Gasteiger partial charge in [-0.05, 0) is 5.92 Å². The van der Waals surface area contributed by atoms with Crippen LogP contribution in [0.15, 0.2) is 0 Å². The Morgan fingerprint density at radius 2 is 1.94 bits per heavy atom. The maximum atomic E-state index is 12.2. The van der Waals surface area contributed by atoms with Gasteiger partial charge in [0.1, 0.15) is 0 Å². The SMILES string of the molecule is CC(C)CNC(=O)CCNCC(C#N)C(F)(F)F. The molecule has 0 aliphatic carbocycles. The van der Waals surface area contributed by atoms with Crippen LogP contribution in [0, 0.1) is 23.2 Å². The number of rotatable bonds is 7. The predicted octanol–water partition coefficient (Wildman–Crippen LogP) is 1.44. The van der Waals surface area contributed by atoms with E-state index in [0.717, 1.165) is 0 Å². The second-order valence-corrected chi connectivity index (χ2v) is 4.38. The Morgan fingerprint density at radius 1 is 1.33 bits per heavy atom. The molecule has 4 nitrogen and oxygen atoms in total. The van der Waals surface area contributed by atoms with E-state index in [2.05, 4.69) is 10.6 Å². The number of nitrogens with one attached hydrogen (secondary N) is 2. The van der Waals surface area contributed by atoms with Gasteiger partial charge < -0.3 is 10.6 Å². The minimum absolute atomic E-state index is 0.0999. The lowest BCUT2D eigenvalue weighted by Gasteiger charge is -2.13. The molecule has 0 saturated carbocycles. The zero-order chi connectivity index (χ0) is 14.2. The normalized spacial score (nSPS) is 13.2. The van der Waals surface area contributed by atoms with Gasteiger partial charge in [0.15, 0.2) is 5.92 Å². The van der Waals surface area contributed by atoms with Crippen LogP contribution in [-0.4, -0.2) is 31.7 Å². The zero-order valence-corrected chi connectivity index (χ0v) is 10.5. The van der Waals surface area contributed by atoms with Crippen molar-refractivity contribution in [2.75, 3.05) is 19.6 Å². The van der Waals surface area contributed by atoms with E-state index in [0.29, 0.717) is 12.5 Å². The first-order valence-electron chi connectivity index (χ1n) is 5.71. The van der Waals surface area contributed by atoms with Crippen molar-refractivity contribution in [1.82, 2.24) is 10.6 Å². The second-order valence-electron chi connectivity index (χ2n) is 4.38. The number of nitriles is 1. The topological polar surface area (TPSA) is 64.9 Å². The summed E-state index contributed by atoms with van der Waals surface area (Å²) in [5, 5.41) is 13.4. The summed E-state index contributed by atoms with van der Waals surface area (Å²) in [4.78, 5) is 11.2. The van der Waals surface area contributed by atoms with Crippen molar-refractivity contribution in [3.8, 4) is 6.07 Å². The summed E-state index contributed by atoms with van der Waals surface area (Å²) in [5.74, 6) is -1.91. The van der Waals surface area contributed by atoms with Crippen LogP contribution in [0.25, 0.3) is 0 Å². The molecule has 18 heavy (non-hydrogen) atoms. The van der Waals surface area contributed by atoms with E-state index in [1.807, 2.05) is 13.8 Å². The fourth-order valence-corrected chi connectivity index (χ4v) is 1.09. The molecule has 104 valence electrons. The summed E-state index contributed by atoms with van der Waals surface area (Å²) in [7, 11) is 0. The minimum atomic E-state index is -4.53. The monoisotopic (exact) mass is 265 g/mol. The molecule has 0 spiro atoms. The molecule has 0 fully saturated rings. The van der Waals surface area contributed by atoms with E-state index < -0.39 is 18.6 Å². The number of carbonyl (C=O) groups is 1. The lowest BCUT2D eigenvalue weighted by molar-refractivity contribution is -0.157. The van der Waals surface area contributed by atoms with E-state index in [1.165, 1.54) is 6.07 Å². The van der Waals surface area contributed by atoms with Gasteiger partial charge in [-0.1, -0.05) is 13.8 Å². The highest BCUT2D eigenvalue weighted by atomic mass is 19.4. The Bertz CT molecular complexity index is 297. The van der Waals surface area contributed by atoms with E-state index >= 15 is 0 Å². The van der Waals surface area contributed by atoms with Crippen LogP contribution in [0.4, 0.5) is 13.2 Å². The Morgan fingerprint density at radius 3 is 2.39 bits per heavy atom. The summed E-state index contributed by atoms with van der Waals surface area (Å²) in [6.45, 7) is 4.07. The smallest absolute Gasteiger partial charge is 0.356 e. The maximum absolute atomic E-state index is 12.2. The third-order valence-electron chi connectivity index (χ3n) is 2.14. The van der Waals surface area contributed by atoms with Gasteiger partial charge in [0.2, 0.25) is 5.91 Å². The number of carbonyl (C=O) groups excluding carboxylic acids is 1. The lowest BCUT2D eigenvalue weighted by Crippen LogP contribution is -2.35. The molecule has 0 aromatic heterocycles. The maximum Gasteiger partial charge on any atom is 0.405 e. The summed E-state index contributed by atoms with van der Waals surface area (Å²) >= 11 is 0. The molecule has 7 heteroatoms. The molecule has 0 aliphatic heterocycles. The second kappa shape index (κ2) is 7.93. The fourth-order valence-electron chi connectivity index (χ4n) is 1.09. The molecule has 0 heterocycles. The van der Waals surface area contributed by atoms with Crippen LogP contribution < -0.4 is 10.6 Å². The quantitative estimate of drug-likeness (QED) is 0.685. The number of alkyl halides is 3. The van der Waals surface area contributed by atoms with Crippen LogP contribution in [0.2, 0.25) is 0 Å². The van der Waals surface area contributed by atoms with Crippen molar-refractivity contribution in [3.05, 3.63) is 0 Å². The largest absolute Gasteiger partial charge is 0.405 e. The molecule has 0 saturated heterocycles. The van der Waals surface area contributed by atoms with Crippen molar-refractivity contribution < 1.29 is 18.0 Å². The van der Waals surface area contributed by atoms with Crippen molar-refractivity contribution in [2.45, 2.75) is 26.4 Å². The fraction of sp³-hybridized carbons (Fsp3) is 0.818. The number of hydrogen-bond donors (Lipinski definition) is 2. The van der Waals surface area contributed by atoms with Gasteiger partial charge in [-0.25, -0.2) is 0 Å². The number of amides is 1. The summed E-state index contributed by atoms with van der Waals surface area (Å²) in [6, 6.07) is 1.18. The van der Waals surface area contributed by atoms with Gasteiger partial charge in [0.05, 0.1) is 6.07 Å². The average Bonchev–Trinajstić information content (AvgIpc) is 2.24. The van der Waals surface area contributed by atoms with E-state index in [-0.39, 0.29) is 18.9 Å². The molecule has 0 aliphatic rings. The van der Waals surface area contributed by atoms with Crippen LogP contribution in [-0.2, 0) is 4.79 Å². The summed E-state index contributed by atoms with van der Waals surface area (Å²) in [6.07, 6.45) is -4.43. The van der Waals surface area contributed by atoms with Crippen LogP contribution in [0.3, 0.4) is 0 Å². The molecular formula is C11H18F3N3O. The number of halogens is 3. The van der Waals surface area contributed by atoms with Gasteiger partial charge >= 0.3 is 6.18 Å². The molecule has 2 N–H and O–H groups in total. The van der Waals surface area contributed by atoms with Crippen molar-refractivity contribution >= 4 is 5.91 Å². The highest BCUT2D eigenvalue weighted by molar-refractivity contribution is 5.76.